The quantitative estimate of drug-likeness (QED) is 0.762. The number of benzene rings is 2. The van der Waals surface area contributed by atoms with Gasteiger partial charge in [0.25, 0.3) is 5.91 Å². The van der Waals surface area contributed by atoms with Gasteiger partial charge in [0.2, 0.25) is 0 Å². The number of ether oxygens (including phenoxy) is 1. The second kappa shape index (κ2) is 7.41. The van der Waals surface area contributed by atoms with E-state index in [-0.39, 0.29) is 18.3 Å². The monoisotopic (exact) mass is 360 g/mol. The molecule has 2 aromatic carbocycles. The Labute approximate surface area is 157 Å². The van der Waals surface area contributed by atoms with Crippen LogP contribution in [0.5, 0.6) is 11.5 Å². The van der Waals surface area contributed by atoms with Crippen LogP contribution in [0.25, 0.3) is 5.70 Å². The molecule has 3 N–H and O–H groups in total. The first-order chi connectivity index (χ1) is 13.2. The third kappa shape index (κ3) is 3.87. The van der Waals surface area contributed by atoms with Gasteiger partial charge < -0.3 is 20.5 Å². The number of anilines is 1. The molecule has 0 fully saturated rings. The maximum atomic E-state index is 12.3. The first kappa shape index (κ1) is 17.0. The Morgan fingerprint density at radius 1 is 1.19 bits per heavy atom. The molecule has 1 aliphatic heterocycles. The zero-order chi connectivity index (χ0) is 18.6. The van der Waals surface area contributed by atoms with Crippen molar-refractivity contribution in [2.45, 2.75) is 12.5 Å². The summed E-state index contributed by atoms with van der Waals surface area (Å²) in [6.45, 7) is -0.108. The summed E-state index contributed by atoms with van der Waals surface area (Å²) in [5.74, 6) is 0.441. The number of fused-ring (bicyclic) bond motifs is 1. The summed E-state index contributed by atoms with van der Waals surface area (Å²) < 4.78 is 5.47. The van der Waals surface area contributed by atoms with Gasteiger partial charge in [-0.1, -0.05) is 36.4 Å². The molecule has 1 unspecified atom stereocenters. The number of amides is 1. The van der Waals surface area contributed by atoms with Gasteiger partial charge in [0.15, 0.2) is 6.61 Å². The van der Waals surface area contributed by atoms with Crippen LogP contribution < -0.4 is 15.4 Å². The smallest absolute Gasteiger partial charge is 0.262 e. The van der Waals surface area contributed by atoms with Crippen LogP contribution in [0.3, 0.4) is 0 Å². The van der Waals surface area contributed by atoms with Crippen LogP contribution in [0.2, 0.25) is 0 Å². The van der Waals surface area contributed by atoms with Crippen molar-refractivity contribution in [2.75, 3.05) is 11.9 Å². The molecule has 136 valence electrons. The number of phenolic OH excluding ortho intramolecular Hbond substituents is 1. The number of carbonyl (C=O) groups excluding carboxylic acids is 1. The molecule has 0 radical (unpaired) electrons. The van der Waals surface area contributed by atoms with Gasteiger partial charge in [0.1, 0.15) is 11.5 Å². The van der Waals surface area contributed by atoms with E-state index in [1.54, 1.807) is 12.1 Å². The van der Waals surface area contributed by atoms with Gasteiger partial charge in [-0.3, -0.25) is 4.79 Å². The van der Waals surface area contributed by atoms with Crippen molar-refractivity contribution in [3.8, 4) is 11.5 Å². The molecule has 1 heterocycles. The average Bonchev–Trinajstić information content (AvgIpc) is 3.12. The van der Waals surface area contributed by atoms with Crippen LogP contribution in [0.1, 0.15) is 12.0 Å². The zero-order valence-corrected chi connectivity index (χ0v) is 14.7. The molecule has 0 saturated heterocycles. The first-order valence-electron chi connectivity index (χ1n) is 8.85. The number of rotatable bonds is 5. The van der Waals surface area contributed by atoms with Gasteiger partial charge in [0, 0.05) is 11.3 Å². The van der Waals surface area contributed by atoms with Crippen molar-refractivity contribution in [1.82, 2.24) is 5.32 Å². The fourth-order valence-electron chi connectivity index (χ4n) is 3.19. The molecule has 5 heteroatoms. The summed E-state index contributed by atoms with van der Waals surface area (Å²) in [6, 6.07) is 14.3. The van der Waals surface area contributed by atoms with Gasteiger partial charge in [-0.05, 0) is 48.4 Å². The number of aromatic hydroxyl groups is 1. The number of carbonyl (C=O) groups is 1. The molecular weight excluding hydrogens is 340 g/mol. The fourth-order valence-corrected chi connectivity index (χ4v) is 3.19. The van der Waals surface area contributed by atoms with E-state index < -0.39 is 0 Å². The van der Waals surface area contributed by atoms with Crippen LogP contribution in [0, 0.1) is 0 Å². The largest absolute Gasteiger partial charge is 0.508 e. The Kier molecular flexibility index (Phi) is 4.66. The van der Waals surface area contributed by atoms with Gasteiger partial charge in [-0.15, -0.1) is 0 Å². The molecule has 2 aromatic rings. The lowest BCUT2D eigenvalue weighted by atomic mass is 10.0. The maximum Gasteiger partial charge on any atom is 0.262 e. The fraction of sp³-hybridized carbons (Fsp3) is 0.136. The summed E-state index contributed by atoms with van der Waals surface area (Å²) >= 11 is 0. The van der Waals surface area contributed by atoms with Crippen molar-refractivity contribution in [2.24, 2.45) is 0 Å². The highest BCUT2D eigenvalue weighted by Crippen LogP contribution is 2.31. The molecule has 1 atom stereocenters. The SMILES string of the molecule is O=C(COc1ccc(O)cc1)Nc1ccccc1C1=CC2=CC=CCC2N1. The van der Waals surface area contributed by atoms with E-state index in [0.717, 1.165) is 23.4 Å². The second-order valence-electron chi connectivity index (χ2n) is 6.46. The first-order valence-corrected chi connectivity index (χ1v) is 8.85. The molecule has 4 rings (SSSR count). The Morgan fingerprint density at radius 2 is 2.00 bits per heavy atom. The molecule has 27 heavy (non-hydrogen) atoms. The zero-order valence-electron chi connectivity index (χ0n) is 14.7. The molecule has 1 aliphatic carbocycles. The predicted molar refractivity (Wildman–Crippen MR) is 105 cm³/mol. The number of phenols is 1. The van der Waals surface area contributed by atoms with Crippen LogP contribution in [0.4, 0.5) is 5.69 Å². The van der Waals surface area contributed by atoms with Gasteiger partial charge in [-0.25, -0.2) is 0 Å². The molecule has 0 bridgehead atoms. The summed E-state index contributed by atoms with van der Waals surface area (Å²) in [6.07, 6.45) is 9.42. The highest BCUT2D eigenvalue weighted by molar-refractivity contribution is 5.95. The Bertz CT molecular complexity index is 942. The van der Waals surface area contributed by atoms with Crippen LogP contribution >= 0.6 is 0 Å². The highest BCUT2D eigenvalue weighted by atomic mass is 16.5. The average molecular weight is 360 g/mol. The minimum absolute atomic E-state index is 0.108. The Morgan fingerprint density at radius 3 is 2.81 bits per heavy atom. The number of para-hydroxylation sites is 1. The molecule has 0 aromatic heterocycles. The molecular formula is C22H20N2O3. The molecule has 1 amide bonds. The number of hydrogen-bond donors (Lipinski definition) is 3. The maximum absolute atomic E-state index is 12.3. The van der Waals surface area contributed by atoms with E-state index in [2.05, 4.69) is 34.9 Å². The van der Waals surface area contributed by atoms with Crippen molar-refractivity contribution in [3.63, 3.8) is 0 Å². The van der Waals surface area contributed by atoms with Crippen molar-refractivity contribution in [3.05, 3.63) is 84.0 Å². The number of hydrogen-bond acceptors (Lipinski definition) is 4. The van der Waals surface area contributed by atoms with Crippen LogP contribution in [-0.4, -0.2) is 23.7 Å². The van der Waals surface area contributed by atoms with E-state index in [0.29, 0.717) is 11.8 Å². The van der Waals surface area contributed by atoms with E-state index in [4.69, 9.17) is 4.74 Å². The highest BCUT2D eigenvalue weighted by Gasteiger charge is 2.23. The number of allylic oxidation sites excluding steroid dienone is 2. The summed E-state index contributed by atoms with van der Waals surface area (Å²) in [5, 5.41) is 15.7. The molecule has 0 saturated carbocycles. The summed E-state index contributed by atoms with van der Waals surface area (Å²) in [4.78, 5) is 12.3. The Hall–Kier alpha value is -3.47. The third-order valence-electron chi connectivity index (χ3n) is 4.54. The van der Waals surface area contributed by atoms with Gasteiger partial charge in [0.05, 0.1) is 11.7 Å². The van der Waals surface area contributed by atoms with E-state index >= 15 is 0 Å². The topological polar surface area (TPSA) is 70.6 Å². The molecule has 5 nitrogen and oxygen atoms in total. The minimum atomic E-state index is -0.243. The van der Waals surface area contributed by atoms with E-state index in [1.165, 1.54) is 17.7 Å². The van der Waals surface area contributed by atoms with Crippen LogP contribution in [0.15, 0.2) is 78.4 Å². The predicted octanol–water partition coefficient (Wildman–Crippen LogP) is 3.61. The molecule has 2 aliphatic rings. The lowest BCUT2D eigenvalue weighted by Crippen LogP contribution is -2.25. The molecule has 0 spiro atoms. The van der Waals surface area contributed by atoms with Crippen LogP contribution in [-0.2, 0) is 4.79 Å². The summed E-state index contributed by atoms with van der Waals surface area (Å²) in [5.41, 5.74) is 3.95. The second-order valence-corrected chi connectivity index (χ2v) is 6.46. The van der Waals surface area contributed by atoms with E-state index in [1.807, 2.05) is 24.3 Å². The normalized spacial score (nSPS) is 17.4. The summed E-state index contributed by atoms with van der Waals surface area (Å²) in [7, 11) is 0. The van der Waals surface area contributed by atoms with Gasteiger partial charge >= 0.3 is 0 Å². The van der Waals surface area contributed by atoms with Crippen molar-refractivity contribution in [1.29, 1.82) is 0 Å². The lowest BCUT2D eigenvalue weighted by Gasteiger charge is -2.17. The lowest BCUT2D eigenvalue weighted by molar-refractivity contribution is -0.118. The standard InChI is InChI=1S/C22H20N2O3/c25-16-9-11-17(12-10-16)27-14-22(26)24-20-8-4-2-6-18(20)21-13-15-5-1-3-7-19(15)23-21/h1-6,8-13,19,23,25H,7,14H2,(H,24,26). The van der Waals surface area contributed by atoms with Crippen molar-refractivity contribution >= 4 is 17.3 Å². The van der Waals surface area contributed by atoms with Crippen molar-refractivity contribution < 1.29 is 14.6 Å². The van der Waals surface area contributed by atoms with E-state index in [9.17, 15) is 9.90 Å². The Balaban J connectivity index is 1.44. The number of nitrogens with one attached hydrogen (secondary N) is 2. The third-order valence-corrected chi connectivity index (χ3v) is 4.54. The van der Waals surface area contributed by atoms with Gasteiger partial charge in [-0.2, -0.15) is 0 Å². The minimum Gasteiger partial charge on any atom is -0.508 e.